The van der Waals surface area contributed by atoms with Gasteiger partial charge in [0.15, 0.2) is 5.82 Å². The molecule has 1 aromatic rings. The standard InChI is InChI=1S/C12H21N5O5S/c1-11-13-10-12(17(18)19)16(11)6-9-23(20,21)14-2-3-15-4-7-22-8-5-15/h10,14H,2-9H2,1H3. The van der Waals surface area contributed by atoms with E-state index in [2.05, 4.69) is 14.6 Å². The number of aryl methyl sites for hydroxylation is 1. The van der Waals surface area contributed by atoms with E-state index in [9.17, 15) is 18.5 Å². The molecule has 23 heavy (non-hydrogen) atoms. The summed E-state index contributed by atoms with van der Waals surface area (Å²) in [5, 5.41) is 10.9. The van der Waals surface area contributed by atoms with Crippen molar-refractivity contribution in [1.29, 1.82) is 0 Å². The average molecular weight is 347 g/mol. The summed E-state index contributed by atoms with van der Waals surface area (Å²) in [5.41, 5.74) is 0. The predicted octanol–water partition coefficient (Wildman–Crippen LogP) is -0.649. The second-order valence-corrected chi connectivity index (χ2v) is 7.17. The molecule has 1 aliphatic rings. The van der Waals surface area contributed by atoms with Crippen LogP contribution in [0.4, 0.5) is 5.82 Å². The van der Waals surface area contributed by atoms with Gasteiger partial charge in [-0.25, -0.2) is 22.7 Å². The molecule has 1 N–H and O–H groups in total. The fourth-order valence-corrected chi connectivity index (χ4v) is 3.32. The van der Waals surface area contributed by atoms with Crippen LogP contribution in [0.5, 0.6) is 0 Å². The van der Waals surface area contributed by atoms with E-state index >= 15 is 0 Å². The molecule has 0 bridgehead atoms. The Kier molecular flexibility index (Phi) is 6.04. The Morgan fingerprint density at radius 1 is 1.39 bits per heavy atom. The Morgan fingerprint density at radius 2 is 2.09 bits per heavy atom. The van der Waals surface area contributed by atoms with Crippen molar-refractivity contribution in [1.82, 2.24) is 19.2 Å². The van der Waals surface area contributed by atoms with Crippen molar-refractivity contribution in [3.63, 3.8) is 0 Å². The third-order valence-corrected chi connectivity index (χ3v) is 5.02. The van der Waals surface area contributed by atoms with Gasteiger partial charge in [0, 0.05) is 33.1 Å². The van der Waals surface area contributed by atoms with E-state index < -0.39 is 14.9 Å². The van der Waals surface area contributed by atoms with Crippen molar-refractivity contribution >= 4 is 15.8 Å². The third-order valence-electron chi connectivity index (χ3n) is 3.66. The molecule has 11 heteroatoms. The molecule has 2 heterocycles. The van der Waals surface area contributed by atoms with Gasteiger partial charge in [-0.05, 0) is 4.92 Å². The average Bonchev–Trinajstić information content (AvgIpc) is 2.87. The highest BCUT2D eigenvalue weighted by molar-refractivity contribution is 7.89. The molecule has 0 unspecified atom stereocenters. The fourth-order valence-electron chi connectivity index (χ4n) is 2.35. The molecule has 2 rings (SSSR count). The molecule has 0 aliphatic carbocycles. The first kappa shape index (κ1) is 17.8. The van der Waals surface area contributed by atoms with E-state index in [1.165, 1.54) is 4.57 Å². The summed E-state index contributed by atoms with van der Waals surface area (Å²) in [7, 11) is -3.50. The van der Waals surface area contributed by atoms with E-state index in [-0.39, 0.29) is 18.1 Å². The highest BCUT2D eigenvalue weighted by Crippen LogP contribution is 2.13. The molecule has 0 spiro atoms. The van der Waals surface area contributed by atoms with Crippen LogP contribution in [0.2, 0.25) is 0 Å². The molecule has 1 saturated heterocycles. The van der Waals surface area contributed by atoms with Gasteiger partial charge >= 0.3 is 5.82 Å². The zero-order valence-corrected chi connectivity index (χ0v) is 13.8. The fraction of sp³-hybridized carbons (Fsp3) is 0.750. The van der Waals surface area contributed by atoms with Crippen LogP contribution in [-0.2, 0) is 21.3 Å². The molecule has 0 saturated carbocycles. The predicted molar refractivity (Wildman–Crippen MR) is 82.7 cm³/mol. The minimum atomic E-state index is -3.50. The summed E-state index contributed by atoms with van der Waals surface area (Å²) in [4.78, 5) is 16.3. The summed E-state index contributed by atoms with van der Waals surface area (Å²) in [5.74, 6) is -0.0139. The van der Waals surface area contributed by atoms with Gasteiger partial charge in [0.2, 0.25) is 10.0 Å². The number of nitrogens with one attached hydrogen (secondary N) is 1. The van der Waals surface area contributed by atoms with Crippen molar-refractivity contribution in [2.45, 2.75) is 13.5 Å². The van der Waals surface area contributed by atoms with Crippen LogP contribution in [0.1, 0.15) is 5.82 Å². The van der Waals surface area contributed by atoms with Gasteiger partial charge in [0.05, 0.1) is 13.2 Å². The second kappa shape index (κ2) is 7.81. The van der Waals surface area contributed by atoms with Gasteiger partial charge in [0.1, 0.15) is 18.5 Å². The minimum absolute atomic E-state index is 0.00493. The summed E-state index contributed by atoms with van der Waals surface area (Å²) in [6.45, 7) is 5.44. The van der Waals surface area contributed by atoms with Crippen molar-refractivity contribution in [3.05, 3.63) is 22.1 Å². The van der Waals surface area contributed by atoms with E-state index in [4.69, 9.17) is 4.74 Å². The molecular formula is C12H21N5O5S. The van der Waals surface area contributed by atoms with Crippen molar-refractivity contribution in [3.8, 4) is 0 Å². The summed E-state index contributed by atoms with van der Waals surface area (Å²) in [6, 6.07) is 0. The highest BCUT2D eigenvalue weighted by atomic mass is 32.2. The quantitative estimate of drug-likeness (QED) is 0.490. The largest absolute Gasteiger partial charge is 0.379 e. The van der Waals surface area contributed by atoms with Crippen LogP contribution in [0.3, 0.4) is 0 Å². The summed E-state index contributed by atoms with van der Waals surface area (Å²) < 4.78 is 33.0. The normalized spacial score (nSPS) is 16.6. The number of imidazole rings is 1. The lowest BCUT2D eigenvalue weighted by Gasteiger charge is -2.26. The number of sulfonamides is 1. The smallest absolute Gasteiger partial charge is 0.342 e. The Balaban J connectivity index is 1.82. The lowest BCUT2D eigenvalue weighted by Crippen LogP contribution is -2.41. The molecular weight excluding hydrogens is 326 g/mol. The molecule has 1 aromatic heterocycles. The minimum Gasteiger partial charge on any atom is -0.379 e. The van der Waals surface area contributed by atoms with Crippen LogP contribution in [0, 0.1) is 17.0 Å². The monoisotopic (exact) mass is 347 g/mol. The van der Waals surface area contributed by atoms with Crippen LogP contribution in [0.25, 0.3) is 0 Å². The molecule has 0 amide bonds. The van der Waals surface area contributed by atoms with Gasteiger partial charge in [-0.15, -0.1) is 0 Å². The topological polar surface area (TPSA) is 120 Å². The zero-order valence-electron chi connectivity index (χ0n) is 13.0. The molecule has 1 fully saturated rings. The second-order valence-electron chi connectivity index (χ2n) is 5.24. The van der Waals surface area contributed by atoms with E-state index in [0.717, 1.165) is 19.3 Å². The van der Waals surface area contributed by atoms with Crippen LogP contribution >= 0.6 is 0 Å². The van der Waals surface area contributed by atoms with E-state index in [1.807, 2.05) is 0 Å². The molecule has 0 radical (unpaired) electrons. The Hall–Kier alpha value is -1.56. The van der Waals surface area contributed by atoms with Gasteiger partial charge in [-0.3, -0.25) is 4.90 Å². The zero-order chi connectivity index (χ0) is 16.9. The van der Waals surface area contributed by atoms with Crippen molar-refractivity contribution < 1.29 is 18.1 Å². The van der Waals surface area contributed by atoms with Gasteiger partial charge in [-0.2, -0.15) is 0 Å². The molecule has 10 nitrogen and oxygen atoms in total. The first-order chi connectivity index (χ1) is 10.9. The maximum atomic E-state index is 12.0. The van der Waals surface area contributed by atoms with E-state index in [0.29, 0.717) is 32.1 Å². The lowest BCUT2D eigenvalue weighted by molar-refractivity contribution is -0.392. The number of aromatic nitrogens is 2. The van der Waals surface area contributed by atoms with Gasteiger partial charge in [-0.1, -0.05) is 0 Å². The molecule has 0 atom stereocenters. The lowest BCUT2D eigenvalue weighted by atomic mass is 10.4. The van der Waals surface area contributed by atoms with Crippen LogP contribution in [-0.4, -0.2) is 72.9 Å². The number of hydrogen-bond acceptors (Lipinski definition) is 7. The van der Waals surface area contributed by atoms with Gasteiger partial charge < -0.3 is 14.9 Å². The number of morpholine rings is 1. The number of nitrogens with zero attached hydrogens (tertiary/aromatic N) is 4. The number of ether oxygens (including phenoxy) is 1. The summed E-state index contributed by atoms with van der Waals surface area (Å²) in [6.07, 6.45) is 1.13. The SMILES string of the molecule is Cc1ncc([N+](=O)[O-])n1CCS(=O)(=O)NCCN1CCOCC1. The van der Waals surface area contributed by atoms with Crippen LogP contribution < -0.4 is 4.72 Å². The first-order valence-electron chi connectivity index (χ1n) is 7.33. The van der Waals surface area contributed by atoms with Crippen molar-refractivity contribution in [2.24, 2.45) is 0 Å². The van der Waals surface area contributed by atoms with Crippen molar-refractivity contribution in [2.75, 3.05) is 45.1 Å². The summed E-state index contributed by atoms with van der Waals surface area (Å²) >= 11 is 0. The maximum absolute atomic E-state index is 12.0. The van der Waals surface area contributed by atoms with E-state index in [1.54, 1.807) is 6.92 Å². The first-order valence-corrected chi connectivity index (χ1v) is 8.98. The third kappa shape index (κ3) is 5.23. The maximum Gasteiger partial charge on any atom is 0.342 e. The number of rotatable bonds is 8. The highest BCUT2D eigenvalue weighted by Gasteiger charge is 2.20. The number of nitro groups is 1. The molecule has 1 aliphatic heterocycles. The number of hydrogen-bond donors (Lipinski definition) is 1. The van der Waals surface area contributed by atoms with Crippen LogP contribution in [0.15, 0.2) is 6.20 Å². The Bertz CT molecular complexity index is 638. The van der Waals surface area contributed by atoms with Gasteiger partial charge in [0.25, 0.3) is 0 Å². The Morgan fingerprint density at radius 3 is 2.74 bits per heavy atom. The molecule has 130 valence electrons. The Labute approximate surface area is 134 Å². The molecule has 0 aromatic carbocycles.